The molecule has 4 nitrogen and oxygen atoms in total. The van der Waals surface area contributed by atoms with Crippen molar-refractivity contribution in [2.75, 3.05) is 6.61 Å². The Hall–Kier alpha value is -3.11. The van der Waals surface area contributed by atoms with Crippen molar-refractivity contribution in [3.8, 4) is 22.6 Å². The second-order valence-electron chi connectivity index (χ2n) is 9.45. The summed E-state index contributed by atoms with van der Waals surface area (Å²) in [6.45, 7) is 6.89. The monoisotopic (exact) mass is 520 g/mol. The molecule has 0 aliphatic heterocycles. The Morgan fingerprint density at radius 1 is 0.784 bits per heavy atom. The maximum atomic E-state index is 12.8. The predicted molar refractivity (Wildman–Crippen MR) is 151 cm³/mol. The number of benzene rings is 3. The number of ether oxygens (including phenoxy) is 2. The van der Waals surface area contributed by atoms with Gasteiger partial charge in [0.05, 0.1) is 17.2 Å². The van der Waals surface area contributed by atoms with E-state index < -0.39 is 5.97 Å². The van der Waals surface area contributed by atoms with Gasteiger partial charge in [0.1, 0.15) is 11.5 Å². The van der Waals surface area contributed by atoms with Crippen LogP contribution >= 0.6 is 11.6 Å². The minimum absolute atomic E-state index is 0.0383. The van der Waals surface area contributed by atoms with Crippen LogP contribution in [-0.4, -0.2) is 18.4 Å². The van der Waals surface area contributed by atoms with Crippen molar-refractivity contribution in [3.63, 3.8) is 0 Å². The minimum Gasteiger partial charge on any atom is -0.492 e. The molecule has 0 aliphatic carbocycles. The third-order valence-electron chi connectivity index (χ3n) is 6.43. The van der Waals surface area contributed by atoms with E-state index in [0.29, 0.717) is 28.7 Å². The molecule has 0 saturated heterocycles. The molecule has 1 atom stereocenters. The maximum absolute atomic E-state index is 12.8. The van der Waals surface area contributed by atoms with Crippen LogP contribution in [0.1, 0.15) is 86.4 Å². The van der Waals surface area contributed by atoms with Crippen molar-refractivity contribution in [2.45, 2.75) is 65.7 Å². The van der Waals surface area contributed by atoms with Gasteiger partial charge in [-0.1, -0.05) is 101 Å². The Bertz CT molecular complexity index is 1150. The summed E-state index contributed by atoms with van der Waals surface area (Å²) in [7, 11) is 0. The lowest BCUT2D eigenvalue weighted by atomic mass is 9.93. The van der Waals surface area contributed by atoms with Crippen molar-refractivity contribution in [3.05, 3.63) is 82.9 Å². The lowest BCUT2D eigenvalue weighted by Gasteiger charge is -2.11. The number of ketones is 1. The number of halogens is 1. The van der Waals surface area contributed by atoms with E-state index in [1.165, 1.54) is 19.3 Å². The fourth-order valence-electron chi connectivity index (χ4n) is 4.07. The molecule has 0 fully saturated rings. The van der Waals surface area contributed by atoms with Crippen LogP contribution in [0.4, 0.5) is 0 Å². The van der Waals surface area contributed by atoms with Crippen LogP contribution in [-0.2, 0) is 0 Å². The summed E-state index contributed by atoms with van der Waals surface area (Å²) < 4.78 is 11.2. The highest BCUT2D eigenvalue weighted by Gasteiger charge is 2.15. The molecular weight excluding hydrogens is 484 g/mol. The molecule has 37 heavy (non-hydrogen) atoms. The van der Waals surface area contributed by atoms with Gasteiger partial charge < -0.3 is 9.47 Å². The molecule has 0 bridgehead atoms. The largest absolute Gasteiger partial charge is 0.492 e. The first-order valence-corrected chi connectivity index (χ1v) is 13.7. The molecule has 0 amide bonds. The smallest absolute Gasteiger partial charge is 0.343 e. The van der Waals surface area contributed by atoms with Gasteiger partial charge in [0.25, 0.3) is 0 Å². The molecule has 0 N–H and O–H groups in total. The number of Topliss-reactive ketones (excluding diaryl/α,β-unsaturated/α-hetero) is 1. The number of unbranched alkanes of at least 4 members (excludes halogenated alkanes) is 4. The van der Waals surface area contributed by atoms with Crippen molar-refractivity contribution in [1.29, 1.82) is 0 Å². The number of hydrogen-bond acceptors (Lipinski definition) is 4. The van der Waals surface area contributed by atoms with Gasteiger partial charge in [0.2, 0.25) is 0 Å². The number of carbonyl (C=O) groups excluding carboxylic acids is 2. The van der Waals surface area contributed by atoms with E-state index in [1.807, 2.05) is 43.3 Å². The maximum Gasteiger partial charge on any atom is 0.343 e. The quantitative estimate of drug-likeness (QED) is 0.0919. The topological polar surface area (TPSA) is 52.6 Å². The number of esters is 1. The molecule has 1 unspecified atom stereocenters. The Morgan fingerprint density at radius 3 is 2.03 bits per heavy atom. The molecule has 0 aromatic heterocycles. The highest BCUT2D eigenvalue weighted by molar-refractivity contribution is 6.32. The van der Waals surface area contributed by atoms with Crippen LogP contribution in [0.25, 0.3) is 11.1 Å². The zero-order valence-electron chi connectivity index (χ0n) is 22.1. The molecule has 0 saturated carbocycles. The molecule has 3 rings (SSSR count). The summed E-state index contributed by atoms with van der Waals surface area (Å²) in [6.07, 6.45) is 7.62. The van der Waals surface area contributed by atoms with Crippen LogP contribution in [0.3, 0.4) is 0 Å². The zero-order valence-corrected chi connectivity index (χ0v) is 22.9. The molecule has 3 aromatic rings. The van der Waals surface area contributed by atoms with Gasteiger partial charge in [-0.3, -0.25) is 4.79 Å². The lowest BCUT2D eigenvalue weighted by Crippen LogP contribution is -2.11. The van der Waals surface area contributed by atoms with Crippen LogP contribution in [0.5, 0.6) is 11.5 Å². The van der Waals surface area contributed by atoms with E-state index in [4.69, 9.17) is 21.1 Å². The second-order valence-corrected chi connectivity index (χ2v) is 9.86. The summed E-state index contributed by atoms with van der Waals surface area (Å²) in [6, 6.07) is 19.9. The van der Waals surface area contributed by atoms with E-state index in [1.54, 1.807) is 30.3 Å². The number of carbonyl (C=O) groups is 2. The van der Waals surface area contributed by atoms with Gasteiger partial charge >= 0.3 is 5.97 Å². The van der Waals surface area contributed by atoms with Crippen molar-refractivity contribution < 1.29 is 19.1 Å². The molecule has 0 radical (unpaired) electrons. The Labute approximate surface area is 226 Å². The van der Waals surface area contributed by atoms with Crippen molar-refractivity contribution >= 4 is 23.4 Å². The van der Waals surface area contributed by atoms with E-state index in [-0.39, 0.29) is 11.7 Å². The van der Waals surface area contributed by atoms with Crippen LogP contribution < -0.4 is 9.47 Å². The summed E-state index contributed by atoms with van der Waals surface area (Å²) >= 11 is 6.27. The highest BCUT2D eigenvalue weighted by atomic mass is 35.5. The van der Waals surface area contributed by atoms with Gasteiger partial charge in [-0.05, 0) is 54.3 Å². The number of hydrogen-bond donors (Lipinski definition) is 0. The molecular formula is C32H37ClO4. The van der Waals surface area contributed by atoms with Crippen LogP contribution in [0, 0.1) is 5.92 Å². The third-order valence-corrected chi connectivity index (χ3v) is 6.72. The SMILES string of the molecule is CCCCCCC(C)C(=O)c1ccc(-c2ccc(OC(=O)c3ccc(OCCCC)c(Cl)c3)cc2)cc1. The second kappa shape index (κ2) is 14.6. The van der Waals surface area contributed by atoms with Gasteiger partial charge in [0.15, 0.2) is 5.78 Å². The Balaban J connectivity index is 1.57. The fraction of sp³-hybridized carbons (Fsp3) is 0.375. The minimum atomic E-state index is -0.485. The first kappa shape index (κ1) is 28.5. The summed E-state index contributed by atoms with van der Waals surface area (Å²) in [4.78, 5) is 25.3. The molecule has 0 heterocycles. The van der Waals surface area contributed by atoms with E-state index in [0.717, 1.165) is 42.4 Å². The van der Waals surface area contributed by atoms with Crippen LogP contribution in [0.2, 0.25) is 5.02 Å². The molecule has 0 spiro atoms. The van der Waals surface area contributed by atoms with Crippen molar-refractivity contribution in [1.82, 2.24) is 0 Å². The highest BCUT2D eigenvalue weighted by Crippen LogP contribution is 2.28. The fourth-order valence-corrected chi connectivity index (χ4v) is 4.31. The molecule has 196 valence electrons. The average molecular weight is 521 g/mol. The Kier molecular flexibility index (Phi) is 11.2. The van der Waals surface area contributed by atoms with E-state index in [9.17, 15) is 9.59 Å². The molecule has 0 aliphatic rings. The summed E-state index contributed by atoms with van der Waals surface area (Å²) in [5, 5.41) is 0.383. The average Bonchev–Trinajstić information content (AvgIpc) is 2.92. The Morgan fingerprint density at radius 2 is 1.41 bits per heavy atom. The first-order chi connectivity index (χ1) is 17.9. The van der Waals surface area contributed by atoms with Gasteiger partial charge in [-0.15, -0.1) is 0 Å². The third kappa shape index (κ3) is 8.46. The van der Waals surface area contributed by atoms with E-state index >= 15 is 0 Å². The van der Waals surface area contributed by atoms with Gasteiger partial charge in [-0.25, -0.2) is 4.79 Å². The predicted octanol–water partition coefficient (Wildman–Crippen LogP) is 9.19. The summed E-state index contributed by atoms with van der Waals surface area (Å²) in [5.74, 6) is 0.755. The normalized spacial score (nSPS) is 11.7. The van der Waals surface area contributed by atoms with Gasteiger partial charge in [-0.2, -0.15) is 0 Å². The summed E-state index contributed by atoms with van der Waals surface area (Å²) in [5.41, 5.74) is 3.08. The number of rotatable bonds is 14. The lowest BCUT2D eigenvalue weighted by molar-refractivity contribution is 0.0734. The van der Waals surface area contributed by atoms with E-state index in [2.05, 4.69) is 13.8 Å². The molecule has 5 heteroatoms. The molecule has 3 aromatic carbocycles. The van der Waals surface area contributed by atoms with Crippen molar-refractivity contribution in [2.24, 2.45) is 5.92 Å². The first-order valence-electron chi connectivity index (χ1n) is 13.3. The standard InChI is InChI=1S/C32H37ClO4/c1-4-6-8-9-10-23(3)31(34)26-13-11-24(12-14-26)25-15-18-28(19-16-25)37-32(35)27-17-20-30(29(33)22-27)36-21-7-5-2/h11-20,22-23H,4-10,21H2,1-3H3. The zero-order chi connectivity index (χ0) is 26.6. The van der Waals surface area contributed by atoms with Crippen LogP contribution in [0.15, 0.2) is 66.7 Å². The van der Waals surface area contributed by atoms with Gasteiger partial charge in [0, 0.05) is 11.5 Å².